The second-order valence-electron chi connectivity index (χ2n) is 6.64. The smallest absolute Gasteiger partial charge is 0.213 e. The van der Waals surface area contributed by atoms with Crippen LogP contribution < -0.4 is 0 Å². The summed E-state index contributed by atoms with van der Waals surface area (Å²) in [7, 11) is 0. The molecule has 3 aromatic carbocycles. The van der Waals surface area contributed by atoms with Gasteiger partial charge < -0.3 is 4.74 Å². The summed E-state index contributed by atoms with van der Waals surface area (Å²) in [5.41, 5.74) is 5.97. The van der Waals surface area contributed by atoms with E-state index in [9.17, 15) is 0 Å². The third-order valence-electron chi connectivity index (χ3n) is 4.78. The van der Waals surface area contributed by atoms with Crippen LogP contribution in [-0.4, -0.2) is 12.5 Å². The van der Waals surface area contributed by atoms with Crippen LogP contribution in [0.15, 0.2) is 95.5 Å². The largest absolute Gasteiger partial charge is 0.478 e. The molecule has 0 radical (unpaired) electrons. The topological polar surface area (TPSA) is 21.6 Å². The maximum absolute atomic E-state index is 6.01. The third kappa shape index (κ3) is 3.85. The minimum atomic E-state index is -0.0616. The predicted molar refractivity (Wildman–Crippen MR) is 112 cm³/mol. The molecular formula is C25H23NO. The highest BCUT2D eigenvalue weighted by Gasteiger charge is 2.23. The Labute approximate surface area is 160 Å². The molecule has 1 atom stereocenters. The summed E-state index contributed by atoms with van der Waals surface area (Å²) in [6, 6.07) is 29.4. The molecule has 0 saturated carbocycles. The minimum absolute atomic E-state index is 0.0616. The molecule has 0 amide bonds. The second-order valence-corrected chi connectivity index (χ2v) is 6.64. The molecule has 0 fully saturated rings. The maximum Gasteiger partial charge on any atom is 0.213 e. The lowest BCUT2D eigenvalue weighted by Crippen LogP contribution is -2.11. The van der Waals surface area contributed by atoms with Crippen molar-refractivity contribution in [2.75, 3.05) is 6.61 Å². The van der Waals surface area contributed by atoms with Gasteiger partial charge in [0.2, 0.25) is 5.90 Å². The van der Waals surface area contributed by atoms with Crippen molar-refractivity contribution in [2.45, 2.75) is 19.4 Å². The zero-order valence-corrected chi connectivity index (χ0v) is 15.5. The molecule has 0 aromatic heterocycles. The van der Waals surface area contributed by atoms with Crippen molar-refractivity contribution in [1.82, 2.24) is 0 Å². The van der Waals surface area contributed by atoms with Crippen molar-refractivity contribution in [1.29, 1.82) is 0 Å². The van der Waals surface area contributed by atoms with Crippen LogP contribution in [0, 0.1) is 0 Å². The first-order chi connectivity index (χ1) is 13.3. The number of hydrogen-bond donors (Lipinski definition) is 0. The van der Waals surface area contributed by atoms with Gasteiger partial charge >= 0.3 is 0 Å². The Bertz CT molecular complexity index is 958. The van der Waals surface area contributed by atoms with E-state index in [1.807, 2.05) is 19.1 Å². The number of rotatable bonds is 4. The molecule has 2 nitrogen and oxygen atoms in total. The summed E-state index contributed by atoms with van der Waals surface area (Å²) in [5.74, 6) is 0.742. The molecule has 0 bridgehead atoms. The van der Waals surface area contributed by atoms with Crippen LogP contribution >= 0.6 is 0 Å². The Morgan fingerprint density at radius 1 is 0.815 bits per heavy atom. The first kappa shape index (κ1) is 17.3. The molecule has 0 spiro atoms. The van der Waals surface area contributed by atoms with Gasteiger partial charge in [-0.25, -0.2) is 4.99 Å². The Morgan fingerprint density at radius 3 is 2.22 bits per heavy atom. The van der Waals surface area contributed by atoms with Crippen LogP contribution in [0.2, 0.25) is 0 Å². The number of hydrogen-bond acceptors (Lipinski definition) is 2. The molecule has 1 unspecified atom stereocenters. The molecular weight excluding hydrogens is 330 g/mol. The van der Waals surface area contributed by atoms with Crippen molar-refractivity contribution in [3.63, 3.8) is 0 Å². The van der Waals surface area contributed by atoms with Crippen LogP contribution in [0.3, 0.4) is 0 Å². The lowest BCUT2D eigenvalue weighted by molar-refractivity contribution is 0.324. The lowest BCUT2D eigenvalue weighted by Gasteiger charge is -2.16. The Morgan fingerprint density at radius 2 is 1.48 bits per heavy atom. The van der Waals surface area contributed by atoms with Gasteiger partial charge in [0, 0.05) is 12.0 Å². The summed E-state index contributed by atoms with van der Waals surface area (Å²) in [6.45, 7) is 2.61. The van der Waals surface area contributed by atoms with Gasteiger partial charge in [-0.3, -0.25) is 0 Å². The van der Waals surface area contributed by atoms with E-state index in [4.69, 9.17) is 9.73 Å². The molecule has 0 saturated heterocycles. The van der Waals surface area contributed by atoms with E-state index in [1.54, 1.807) is 0 Å². The Hall–Kier alpha value is -3.13. The summed E-state index contributed by atoms with van der Waals surface area (Å²) >= 11 is 0. The number of nitrogens with zero attached hydrogens (tertiary/aromatic N) is 1. The Kier molecular flexibility index (Phi) is 5.15. The summed E-state index contributed by atoms with van der Waals surface area (Å²) in [6.07, 6.45) is 3.04. The third-order valence-corrected chi connectivity index (χ3v) is 4.78. The highest BCUT2D eigenvalue weighted by Crippen LogP contribution is 2.34. The first-order valence-corrected chi connectivity index (χ1v) is 9.44. The first-order valence-electron chi connectivity index (χ1n) is 9.44. The zero-order chi connectivity index (χ0) is 18.5. The van der Waals surface area contributed by atoms with Crippen molar-refractivity contribution in [3.05, 3.63) is 113 Å². The quantitative estimate of drug-likeness (QED) is 0.576. The lowest BCUT2D eigenvalue weighted by atomic mass is 9.94. The standard InChI is InChI=1S/C25H23NO/c1-2-27-25-22(17-19-11-5-3-6-12-19)18-21-15-9-10-16-23(21)24(26-25)20-13-7-4-8-14-20/h3-16,18,24H,2,17H2,1H3. The van der Waals surface area contributed by atoms with E-state index >= 15 is 0 Å². The van der Waals surface area contributed by atoms with E-state index in [-0.39, 0.29) is 6.04 Å². The van der Waals surface area contributed by atoms with Crippen LogP contribution in [0.4, 0.5) is 0 Å². The minimum Gasteiger partial charge on any atom is -0.478 e. The molecule has 134 valence electrons. The Balaban J connectivity index is 1.83. The van der Waals surface area contributed by atoms with E-state index in [2.05, 4.69) is 78.9 Å². The molecule has 0 N–H and O–H groups in total. The van der Waals surface area contributed by atoms with Crippen LogP contribution in [0.1, 0.15) is 35.2 Å². The van der Waals surface area contributed by atoms with Crippen molar-refractivity contribution < 1.29 is 4.74 Å². The summed E-state index contributed by atoms with van der Waals surface area (Å²) in [4.78, 5) is 5.08. The molecule has 27 heavy (non-hydrogen) atoms. The number of aliphatic imine (C=N–C) groups is 1. The number of fused-ring (bicyclic) bond motifs is 1. The maximum atomic E-state index is 6.01. The van der Waals surface area contributed by atoms with Gasteiger partial charge in [0.15, 0.2) is 0 Å². The molecule has 1 aliphatic rings. The van der Waals surface area contributed by atoms with Crippen molar-refractivity contribution in [3.8, 4) is 0 Å². The average molecular weight is 353 g/mol. The molecule has 1 aliphatic heterocycles. The van der Waals surface area contributed by atoms with E-state index in [1.165, 1.54) is 22.3 Å². The number of ether oxygens (including phenoxy) is 1. The summed E-state index contributed by atoms with van der Waals surface area (Å²) in [5, 5.41) is 0. The predicted octanol–water partition coefficient (Wildman–Crippen LogP) is 5.85. The fourth-order valence-corrected chi connectivity index (χ4v) is 3.51. The summed E-state index contributed by atoms with van der Waals surface area (Å²) < 4.78 is 6.01. The molecule has 0 aliphatic carbocycles. The molecule has 1 heterocycles. The number of benzene rings is 3. The fraction of sp³-hybridized carbons (Fsp3) is 0.160. The highest BCUT2D eigenvalue weighted by molar-refractivity contribution is 5.99. The van der Waals surface area contributed by atoms with E-state index in [0.29, 0.717) is 6.61 Å². The van der Waals surface area contributed by atoms with Crippen LogP contribution in [-0.2, 0) is 11.2 Å². The van der Waals surface area contributed by atoms with Gasteiger partial charge in [-0.15, -0.1) is 0 Å². The molecule has 2 heteroatoms. The van der Waals surface area contributed by atoms with Gasteiger partial charge in [-0.05, 0) is 35.3 Å². The van der Waals surface area contributed by atoms with E-state index in [0.717, 1.165) is 17.9 Å². The average Bonchev–Trinajstić information content (AvgIpc) is 2.87. The highest BCUT2D eigenvalue weighted by atomic mass is 16.5. The molecule has 4 rings (SSSR count). The van der Waals surface area contributed by atoms with Gasteiger partial charge in [0.1, 0.15) is 6.04 Å². The monoisotopic (exact) mass is 353 g/mol. The van der Waals surface area contributed by atoms with Gasteiger partial charge in [0.25, 0.3) is 0 Å². The normalized spacial score (nSPS) is 16.0. The van der Waals surface area contributed by atoms with Crippen molar-refractivity contribution >= 4 is 12.0 Å². The fourth-order valence-electron chi connectivity index (χ4n) is 3.51. The van der Waals surface area contributed by atoms with Crippen LogP contribution in [0.5, 0.6) is 0 Å². The van der Waals surface area contributed by atoms with Gasteiger partial charge in [0.05, 0.1) is 6.61 Å². The van der Waals surface area contributed by atoms with E-state index < -0.39 is 0 Å². The van der Waals surface area contributed by atoms with Gasteiger partial charge in [-0.1, -0.05) is 84.9 Å². The second kappa shape index (κ2) is 8.05. The van der Waals surface area contributed by atoms with Gasteiger partial charge in [-0.2, -0.15) is 0 Å². The SMILES string of the molecule is CCOC1=NC(c2ccccc2)c2ccccc2C=C1Cc1ccccc1. The zero-order valence-electron chi connectivity index (χ0n) is 15.5. The molecule has 3 aromatic rings. The van der Waals surface area contributed by atoms with Crippen LogP contribution in [0.25, 0.3) is 6.08 Å². The van der Waals surface area contributed by atoms with Crippen molar-refractivity contribution in [2.24, 2.45) is 4.99 Å².